The van der Waals surface area contributed by atoms with E-state index in [-0.39, 0.29) is 5.91 Å². The maximum atomic E-state index is 12.1. The van der Waals surface area contributed by atoms with Gasteiger partial charge in [-0.1, -0.05) is 25.8 Å². The summed E-state index contributed by atoms with van der Waals surface area (Å²) >= 11 is 0. The molecule has 1 N–H and O–H groups in total. The van der Waals surface area contributed by atoms with Crippen molar-refractivity contribution in [1.82, 2.24) is 9.88 Å². The average molecular weight is 276 g/mol. The highest BCUT2D eigenvalue weighted by molar-refractivity contribution is 5.92. The number of carbonyl (C=O) groups is 2. The van der Waals surface area contributed by atoms with Crippen LogP contribution in [0.1, 0.15) is 42.2 Å². The van der Waals surface area contributed by atoms with Crippen molar-refractivity contribution in [2.45, 2.75) is 26.2 Å². The van der Waals surface area contributed by atoms with Crippen molar-refractivity contribution in [1.29, 1.82) is 0 Å². The molecule has 20 heavy (non-hydrogen) atoms. The Kier molecular flexibility index (Phi) is 6.43. The Morgan fingerprint density at radius 2 is 2.10 bits per heavy atom. The fourth-order valence-corrected chi connectivity index (χ4v) is 1.69. The second kappa shape index (κ2) is 8.09. The van der Waals surface area contributed by atoms with E-state index in [1.807, 2.05) is 0 Å². The summed E-state index contributed by atoms with van der Waals surface area (Å²) in [5.41, 5.74) is 1.02. The highest BCUT2D eigenvalue weighted by Gasteiger charge is 2.12. The van der Waals surface area contributed by atoms with Crippen LogP contribution in [-0.4, -0.2) is 40.5 Å². The number of hydrogen-bond donors (Lipinski definition) is 1. The molecule has 0 fully saturated rings. The maximum absolute atomic E-state index is 12.1. The molecule has 1 aromatic heterocycles. The lowest BCUT2D eigenvalue weighted by molar-refractivity contribution is -0.131. The maximum Gasteiger partial charge on any atom is 0.328 e. The largest absolute Gasteiger partial charge is 0.478 e. The number of hydrogen-bond acceptors (Lipinski definition) is 3. The summed E-state index contributed by atoms with van der Waals surface area (Å²) in [6.07, 6.45) is 7.17. The zero-order valence-corrected chi connectivity index (χ0v) is 11.9. The van der Waals surface area contributed by atoms with Gasteiger partial charge in [-0.05, 0) is 24.1 Å². The number of amides is 1. The third kappa shape index (κ3) is 5.22. The summed E-state index contributed by atoms with van der Waals surface area (Å²) < 4.78 is 0. The minimum absolute atomic E-state index is 0.116. The van der Waals surface area contributed by atoms with Crippen molar-refractivity contribution in [3.8, 4) is 0 Å². The molecule has 0 spiro atoms. The van der Waals surface area contributed by atoms with E-state index in [0.717, 1.165) is 31.9 Å². The predicted molar refractivity (Wildman–Crippen MR) is 77.4 cm³/mol. The SMILES string of the molecule is CCCCCN(C)C(=O)c1ccc(C=CC(=O)O)cn1. The summed E-state index contributed by atoms with van der Waals surface area (Å²) in [5, 5.41) is 8.53. The average Bonchev–Trinajstić information content (AvgIpc) is 2.45. The molecule has 0 radical (unpaired) electrons. The monoisotopic (exact) mass is 276 g/mol. The molecule has 0 bridgehead atoms. The third-order valence-corrected chi connectivity index (χ3v) is 2.87. The van der Waals surface area contributed by atoms with Gasteiger partial charge in [0.1, 0.15) is 5.69 Å². The van der Waals surface area contributed by atoms with Crippen molar-refractivity contribution < 1.29 is 14.7 Å². The van der Waals surface area contributed by atoms with Gasteiger partial charge in [-0.3, -0.25) is 9.78 Å². The van der Waals surface area contributed by atoms with Crippen molar-refractivity contribution in [2.24, 2.45) is 0 Å². The Morgan fingerprint density at radius 1 is 1.35 bits per heavy atom. The van der Waals surface area contributed by atoms with Crippen LogP contribution in [0.3, 0.4) is 0 Å². The molecular formula is C15H20N2O3. The Hall–Kier alpha value is -2.17. The van der Waals surface area contributed by atoms with E-state index in [1.165, 1.54) is 12.3 Å². The number of rotatable bonds is 7. The lowest BCUT2D eigenvalue weighted by atomic mass is 10.2. The molecule has 0 unspecified atom stereocenters. The fraction of sp³-hybridized carbons (Fsp3) is 0.400. The van der Waals surface area contributed by atoms with Crippen LogP contribution >= 0.6 is 0 Å². The molecular weight excluding hydrogens is 256 g/mol. The molecule has 1 rings (SSSR count). The van der Waals surface area contributed by atoms with Gasteiger partial charge in [0.25, 0.3) is 5.91 Å². The Morgan fingerprint density at radius 3 is 2.65 bits per heavy atom. The molecule has 0 aliphatic rings. The van der Waals surface area contributed by atoms with Gasteiger partial charge in [-0.15, -0.1) is 0 Å². The van der Waals surface area contributed by atoms with Crippen molar-refractivity contribution >= 4 is 18.0 Å². The summed E-state index contributed by atoms with van der Waals surface area (Å²) in [7, 11) is 1.76. The van der Waals surface area contributed by atoms with E-state index < -0.39 is 5.97 Å². The Bertz CT molecular complexity index is 480. The van der Waals surface area contributed by atoms with Gasteiger partial charge in [0.05, 0.1) is 0 Å². The molecule has 1 heterocycles. The number of pyridine rings is 1. The fourth-order valence-electron chi connectivity index (χ4n) is 1.69. The van der Waals surface area contributed by atoms with E-state index >= 15 is 0 Å². The lowest BCUT2D eigenvalue weighted by Crippen LogP contribution is -2.28. The highest BCUT2D eigenvalue weighted by Crippen LogP contribution is 2.06. The molecule has 5 heteroatoms. The number of aromatic nitrogens is 1. The first-order valence-electron chi connectivity index (χ1n) is 6.67. The van der Waals surface area contributed by atoms with Crippen LogP contribution in [-0.2, 0) is 4.79 Å². The van der Waals surface area contributed by atoms with Crippen LogP contribution in [0.2, 0.25) is 0 Å². The normalized spacial score (nSPS) is 10.7. The first kappa shape index (κ1) is 15.9. The summed E-state index contributed by atoms with van der Waals surface area (Å²) in [6.45, 7) is 2.84. The first-order chi connectivity index (χ1) is 9.54. The van der Waals surface area contributed by atoms with Crippen LogP contribution in [0.25, 0.3) is 6.08 Å². The lowest BCUT2D eigenvalue weighted by Gasteiger charge is -2.16. The molecule has 5 nitrogen and oxygen atoms in total. The summed E-state index contributed by atoms with van der Waals surface area (Å²) in [4.78, 5) is 28.2. The van der Waals surface area contributed by atoms with Gasteiger partial charge >= 0.3 is 5.97 Å². The van der Waals surface area contributed by atoms with Crippen LogP contribution in [0, 0.1) is 0 Å². The minimum Gasteiger partial charge on any atom is -0.478 e. The van der Waals surface area contributed by atoms with Gasteiger partial charge in [-0.25, -0.2) is 4.79 Å². The molecule has 0 aliphatic heterocycles. The van der Waals surface area contributed by atoms with Gasteiger partial charge in [-0.2, -0.15) is 0 Å². The number of carbonyl (C=O) groups excluding carboxylic acids is 1. The molecule has 108 valence electrons. The van der Waals surface area contributed by atoms with Gasteiger partial charge in [0, 0.05) is 25.9 Å². The molecule has 0 saturated carbocycles. The van der Waals surface area contributed by atoms with Gasteiger partial charge in [0.15, 0.2) is 0 Å². The van der Waals surface area contributed by atoms with E-state index in [2.05, 4.69) is 11.9 Å². The van der Waals surface area contributed by atoms with E-state index in [9.17, 15) is 9.59 Å². The van der Waals surface area contributed by atoms with Gasteiger partial charge in [0.2, 0.25) is 0 Å². The smallest absolute Gasteiger partial charge is 0.328 e. The molecule has 0 aliphatic carbocycles. The summed E-state index contributed by atoms with van der Waals surface area (Å²) in [6, 6.07) is 3.29. The number of unbranched alkanes of at least 4 members (excludes halogenated alkanes) is 2. The number of carboxylic acids is 1. The molecule has 0 saturated heterocycles. The zero-order chi connectivity index (χ0) is 15.0. The number of nitrogens with zero attached hydrogens (tertiary/aromatic N) is 2. The van der Waals surface area contributed by atoms with Crippen molar-refractivity contribution in [2.75, 3.05) is 13.6 Å². The number of aliphatic carboxylic acids is 1. The minimum atomic E-state index is -1.01. The van der Waals surface area contributed by atoms with Gasteiger partial charge < -0.3 is 10.0 Å². The van der Waals surface area contributed by atoms with E-state index in [4.69, 9.17) is 5.11 Å². The predicted octanol–water partition coefficient (Wildman–Crippen LogP) is 2.44. The molecule has 0 atom stereocenters. The first-order valence-corrected chi connectivity index (χ1v) is 6.67. The van der Waals surface area contributed by atoms with Crippen molar-refractivity contribution in [3.05, 3.63) is 35.7 Å². The Balaban J connectivity index is 2.63. The van der Waals surface area contributed by atoms with Crippen LogP contribution in [0.15, 0.2) is 24.4 Å². The highest BCUT2D eigenvalue weighted by atomic mass is 16.4. The topological polar surface area (TPSA) is 70.5 Å². The van der Waals surface area contributed by atoms with Crippen LogP contribution in [0.5, 0.6) is 0 Å². The second-order valence-corrected chi connectivity index (χ2v) is 4.58. The zero-order valence-electron chi connectivity index (χ0n) is 11.9. The molecule has 0 aromatic carbocycles. The second-order valence-electron chi connectivity index (χ2n) is 4.58. The summed E-state index contributed by atoms with van der Waals surface area (Å²) in [5.74, 6) is -1.13. The van der Waals surface area contributed by atoms with E-state index in [1.54, 1.807) is 24.1 Å². The Labute approximate surface area is 118 Å². The standard InChI is InChI=1S/C15H20N2O3/c1-3-4-5-10-17(2)15(20)13-8-6-12(11-16-13)7-9-14(18)19/h6-9,11H,3-5,10H2,1-2H3,(H,18,19). The van der Waals surface area contributed by atoms with Crippen LogP contribution in [0.4, 0.5) is 0 Å². The third-order valence-electron chi connectivity index (χ3n) is 2.87. The quantitative estimate of drug-likeness (QED) is 0.613. The van der Waals surface area contributed by atoms with Crippen LogP contribution < -0.4 is 0 Å². The van der Waals surface area contributed by atoms with Crippen molar-refractivity contribution in [3.63, 3.8) is 0 Å². The molecule has 1 aromatic rings. The number of carboxylic acid groups (broad SMARTS) is 1. The van der Waals surface area contributed by atoms with E-state index in [0.29, 0.717) is 11.3 Å². The molecule has 1 amide bonds.